The summed E-state index contributed by atoms with van der Waals surface area (Å²) >= 11 is 1.31. The van der Waals surface area contributed by atoms with E-state index in [-0.39, 0.29) is 5.84 Å². The largest absolute Gasteiger partial charge is 0.384 e. The van der Waals surface area contributed by atoms with Gasteiger partial charge in [-0.3, -0.25) is 5.41 Å². The Bertz CT molecular complexity index is 580. The van der Waals surface area contributed by atoms with Crippen molar-refractivity contribution in [2.24, 2.45) is 5.73 Å². The minimum Gasteiger partial charge on any atom is -0.384 e. The minimum atomic E-state index is -0.00267. The SMILES string of the molecule is Cc1cnc(Sc2nc(C)ccc2C(=N)N)nc1. The summed E-state index contributed by atoms with van der Waals surface area (Å²) in [5.41, 5.74) is 8.01. The highest BCUT2D eigenvalue weighted by Crippen LogP contribution is 2.25. The number of aromatic nitrogens is 3. The zero-order valence-corrected chi connectivity index (χ0v) is 11.0. The van der Waals surface area contributed by atoms with Crippen molar-refractivity contribution in [2.45, 2.75) is 24.0 Å². The highest BCUT2D eigenvalue weighted by atomic mass is 32.2. The van der Waals surface area contributed by atoms with Gasteiger partial charge in [-0.2, -0.15) is 0 Å². The number of amidine groups is 1. The lowest BCUT2D eigenvalue weighted by Crippen LogP contribution is -2.13. The van der Waals surface area contributed by atoms with Crippen LogP contribution in [0.3, 0.4) is 0 Å². The van der Waals surface area contributed by atoms with Crippen molar-refractivity contribution in [1.82, 2.24) is 15.0 Å². The van der Waals surface area contributed by atoms with E-state index in [0.29, 0.717) is 15.7 Å². The summed E-state index contributed by atoms with van der Waals surface area (Å²) in [4.78, 5) is 12.8. The van der Waals surface area contributed by atoms with Crippen LogP contribution in [0.4, 0.5) is 0 Å². The number of hydrogen-bond donors (Lipinski definition) is 2. The van der Waals surface area contributed by atoms with Crippen LogP contribution in [0.2, 0.25) is 0 Å². The van der Waals surface area contributed by atoms with Gasteiger partial charge >= 0.3 is 0 Å². The molecule has 0 aliphatic rings. The molecule has 6 heteroatoms. The third-order valence-corrected chi connectivity index (χ3v) is 3.13. The number of aryl methyl sites for hydroxylation is 2. The van der Waals surface area contributed by atoms with Crippen molar-refractivity contribution in [3.8, 4) is 0 Å². The van der Waals surface area contributed by atoms with Crippen LogP contribution in [0.1, 0.15) is 16.8 Å². The molecule has 0 bridgehead atoms. The van der Waals surface area contributed by atoms with Crippen LogP contribution in [-0.4, -0.2) is 20.8 Å². The summed E-state index contributed by atoms with van der Waals surface area (Å²) in [6.07, 6.45) is 3.50. The average molecular weight is 259 g/mol. The first-order valence-corrected chi connectivity index (χ1v) is 6.16. The highest BCUT2D eigenvalue weighted by Gasteiger charge is 2.10. The molecule has 2 aromatic rings. The number of nitrogens with zero attached hydrogens (tertiary/aromatic N) is 3. The standard InChI is InChI=1S/C12H13N5S/c1-7-5-15-12(16-6-7)18-11-9(10(13)14)4-3-8(2)17-11/h3-6H,1-2H3,(H3,13,14). The molecular formula is C12H13N5S. The summed E-state index contributed by atoms with van der Waals surface area (Å²) in [6.45, 7) is 3.82. The zero-order chi connectivity index (χ0) is 13.1. The topological polar surface area (TPSA) is 88.5 Å². The van der Waals surface area contributed by atoms with Crippen LogP contribution in [0, 0.1) is 19.3 Å². The Labute approximate surface area is 109 Å². The van der Waals surface area contributed by atoms with Gasteiger partial charge in [0.15, 0.2) is 5.16 Å². The highest BCUT2D eigenvalue weighted by molar-refractivity contribution is 7.99. The third-order valence-electron chi connectivity index (χ3n) is 2.23. The van der Waals surface area contributed by atoms with Crippen LogP contribution in [0.25, 0.3) is 0 Å². The van der Waals surface area contributed by atoms with Crippen molar-refractivity contribution in [2.75, 3.05) is 0 Å². The van der Waals surface area contributed by atoms with Gasteiger partial charge in [-0.1, -0.05) is 0 Å². The van der Waals surface area contributed by atoms with Crippen molar-refractivity contribution in [3.63, 3.8) is 0 Å². The van der Waals surface area contributed by atoms with Gasteiger partial charge < -0.3 is 5.73 Å². The lowest BCUT2D eigenvalue weighted by molar-refractivity contribution is 0.940. The van der Waals surface area contributed by atoms with Crippen LogP contribution in [0.15, 0.2) is 34.7 Å². The van der Waals surface area contributed by atoms with Gasteiger partial charge in [-0.25, -0.2) is 15.0 Å². The van der Waals surface area contributed by atoms with Crippen LogP contribution in [-0.2, 0) is 0 Å². The smallest absolute Gasteiger partial charge is 0.193 e. The Kier molecular flexibility index (Phi) is 3.57. The fourth-order valence-electron chi connectivity index (χ4n) is 1.34. The molecule has 0 amide bonds. The lowest BCUT2D eigenvalue weighted by atomic mass is 10.2. The molecule has 92 valence electrons. The predicted octanol–water partition coefficient (Wildman–Crippen LogP) is 1.92. The van der Waals surface area contributed by atoms with Crippen molar-refractivity contribution in [3.05, 3.63) is 41.3 Å². The molecule has 0 saturated carbocycles. The molecule has 0 saturated heterocycles. The molecule has 3 N–H and O–H groups in total. The third kappa shape index (κ3) is 2.84. The van der Waals surface area contributed by atoms with Crippen molar-refractivity contribution in [1.29, 1.82) is 5.41 Å². The molecule has 0 atom stereocenters. The van der Waals surface area contributed by atoms with E-state index >= 15 is 0 Å². The Morgan fingerprint density at radius 3 is 2.50 bits per heavy atom. The van der Waals surface area contributed by atoms with E-state index in [2.05, 4.69) is 15.0 Å². The first kappa shape index (κ1) is 12.5. The van der Waals surface area contributed by atoms with Gasteiger partial charge in [0.1, 0.15) is 10.9 Å². The maximum absolute atomic E-state index is 7.53. The zero-order valence-electron chi connectivity index (χ0n) is 10.1. The molecule has 0 spiro atoms. The Morgan fingerprint density at radius 2 is 1.89 bits per heavy atom. The molecular weight excluding hydrogens is 246 g/mol. The van der Waals surface area contributed by atoms with Gasteiger partial charge in [0.25, 0.3) is 0 Å². The molecule has 2 rings (SSSR count). The van der Waals surface area contributed by atoms with Gasteiger partial charge in [0.05, 0.1) is 0 Å². The van der Waals surface area contributed by atoms with Gasteiger partial charge in [0, 0.05) is 23.7 Å². The molecule has 5 nitrogen and oxygen atoms in total. The second-order valence-electron chi connectivity index (χ2n) is 3.86. The van der Waals surface area contributed by atoms with Crippen molar-refractivity contribution < 1.29 is 0 Å². The number of pyridine rings is 1. The van der Waals surface area contributed by atoms with Gasteiger partial charge in [-0.05, 0) is 43.3 Å². The summed E-state index contributed by atoms with van der Waals surface area (Å²) in [6, 6.07) is 3.62. The van der Waals surface area contributed by atoms with Crippen LogP contribution >= 0.6 is 11.8 Å². The Morgan fingerprint density at radius 1 is 1.22 bits per heavy atom. The second kappa shape index (κ2) is 5.14. The molecule has 2 heterocycles. The van der Waals surface area contributed by atoms with Crippen molar-refractivity contribution >= 4 is 17.6 Å². The first-order chi connectivity index (χ1) is 8.56. The molecule has 2 aromatic heterocycles. The maximum atomic E-state index is 7.53. The minimum absolute atomic E-state index is 0.00267. The van der Waals surface area contributed by atoms with Crippen LogP contribution < -0.4 is 5.73 Å². The Balaban J connectivity index is 2.35. The van der Waals surface area contributed by atoms with E-state index in [9.17, 15) is 0 Å². The van der Waals surface area contributed by atoms with Crippen LogP contribution in [0.5, 0.6) is 0 Å². The Hall–Kier alpha value is -1.95. The first-order valence-electron chi connectivity index (χ1n) is 5.35. The van der Waals surface area contributed by atoms with E-state index in [1.807, 2.05) is 19.9 Å². The molecule has 18 heavy (non-hydrogen) atoms. The monoisotopic (exact) mass is 259 g/mol. The lowest BCUT2D eigenvalue weighted by Gasteiger charge is -2.06. The molecule has 0 radical (unpaired) electrons. The number of nitrogen functional groups attached to an aromatic ring is 1. The van der Waals surface area contributed by atoms with E-state index in [1.165, 1.54) is 11.8 Å². The summed E-state index contributed by atoms with van der Waals surface area (Å²) in [5, 5.41) is 8.79. The number of nitrogens with one attached hydrogen (secondary N) is 1. The second-order valence-corrected chi connectivity index (χ2v) is 4.82. The number of rotatable bonds is 3. The van der Waals surface area contributed by atoms with E-state index < -0.39 is 0 Å². The number of nitrogens with two attached hydrogens (primary N) is 1. The fraction of sp³-hybridized carbons (Fsp3) is 0.167. The molecule has 0 aliphatic heterocycles. The fourth-order valence-corrected chi connectivity index (χ4v) is 2.20. The quantitative estimate of drug-likeness (QED) is 0.499. The van der Waals surface area contributed by atoms with E-state index in [1.54, 1.807) is 18.5 Å². The predicted molar refractivity (Wildman–Crippen MR) is 70.9 cm³/mol. The van der Waals surface area contributed by atoms with E-state index in [4.69, 9.17) is 11.1 Å². The van der Waals surface area contributed by atoms with E-state index in [0.717, 1.165) is 11.3 Å². The normalized spacial score (nSPS) is 10.3. The number of hydrogen-bond acceptors (Lipinski definition) is 5. The average Bonchev–Trinajstić information content (AvgIpc) is 2.32. The molecule has 0 fully saturated rings. The summed E-state index contributed by atoms with van der Waals surface area (Å²) in [7, 11) is 0. The molecule has 0 aromatic carbocycles. The van der Waals surface area contributed by atoms with Gasteiger partial charge in [0.2, 0.25) is 0 Å². The molecule has 0 unspecified atom stereocenters. The maximum Gasteiger partial charge on any atom is 0.193 e. The van der Waals surface area contributed by atoms with Gasteiger partial charge in [-0.15, -0.1) is 0 Å². The summed E-state index contributed by atoms with van der Waals surface area (Å²) < 4.78 is 0. The molecule has 0 aliphatic carbocycles. The summed E-state index contributed by atoms with van der Waals surface area (Å²) in [5.74, 6) is -0.00267.